The Morgan fingerprint density at radius 1 is 1.43 bits per heavy atom. The van der Waals surface area contributed by atoms with Crippen LogP contribution in [0.25, 0.3) is 0 Å². The molecule has 2 amide bonds. The van der Waals surface area contributed by atoms with Crippen LogP contribution in [0.4, 0.5) is 4.79 Å². The maximum absolute atomic E-state index is 12.3. The second kappa shape index (κ2) is 7.41. The minimum atomic E-state index is -0.0401. The summed E-state index contributed by atoms with van der Waals surface area (Å²) < 4.78 is 5.85. The summed E-state index contributed by atoms with van der Waals surface area (Å²) in [6, 6.07) is 7.65. The number of nitrogens with zero attached hydrogens (tertiary/aromatic N) is 3. The van der Waals surface area contributed by atoms with Gasteiger partial charge in [-0.2, -0.15) is 5.10 Å². The fraction of sp³-hybridized carbons (Fsp3) is 0.438. The van der Waals surface area contributed by atoms with Gasteiger partial charge < -0.3 is 15.0 Å². The quantitative estimate of drug-likeness (QED) is 0.934. The Morgan fingerprint density at radius 3 is 3.09 bits per heavy atom. The van der Waals surface area contributed by atoms with E-state index in [4.69, 9.17) is 4.74 Å². The third-order valence-electron chi connectivity index (χ3n) is 3.72. The zero-order valence-electron chi connectivity index (χ0n) is 13.1. The molecule has 1 N–H and O–H groups in total. The molecule has 2 aromatic heterocycles. The number of hydrogen-bond acceptors (Lipinski definition) is 5. The number of ether oxygens (including phenoxy) is 1. The van der Waals surface area contributed by atoms with Crippen LogP contribution in [-0.2, 0) is 6.54 Å². The number of rotatable bonds is 4. The summed E-state index contributed by atoms with van der Waals surface area (Å²) in [6.45, 7) is 3.79. The van der Waals surface area contributed by atoms with Crippen molar-refractivity contribution in [2.75, 3.05) is 13.1 Å². The van der Waals surface area contributed by atoms with Crippen LogP contribution in [-0.4, -0.2) is 40.3 Å². The Morgan fingerprint density at radius 2 is 2.35 bits per heavy atom. The molecular formula is C16H20N4O2S. The van der Waals surface area contributed by atoms with Crippen LogP contribution in [0.3, 0.4) is 0 Å². The summed E-state index contributed by atoms with van der Waals surface area (Å²) in [5.41, 5.74) is 0.857. The van der Waals surface area contributed by atoms with Crippen molar-refractivity contribution in [1.82, 2.24) is 20.4 Å². The molecule has 1 aliphatic rings. The predicted molar refractivity (Wildman–Crippen MR) is 88.5 cm³/mol. The highest BCUT2D eigenvalue weighted by Gasteiger charge is 2.25. The fourth-order valence-electron chi connectivity index (χ4n) is 2.53. The van der Waals surface area contributed by atoms with Gasteiger partial charge in [0.25, 0.3) is 0 Å². The number of aryl methyl sites for hydroxylation is 1. The topological polar surface area (TPSA) is 67.3 Å². The first-order chi connectivity index (χ1) is 11.2. The van der Waals surface area contributed by atoms with Gasteiger partial charge in [-0.3, -0.25) is 0 Å². The standard InChI is InChI=1S/C16H20N4O2S/c1-12-6-7-15(19-18-12)22-13-4-2-8-20(11-13)16(21)17-10-14-5-3-9-23-14/h3,5-7,9,13H,2,4,8,10-11H2,1H3,(H,17,21)/t13-/m1/s1. The summed E-state index contributed by atoms with van der Waals surface area (Å²) >= 11 is 1.64. The molecule has 0 radical (unpaired) electrons. The van der Waals surface area contributed by atoms with Crippen molar-refractivity contribution in [3.05, 3.63) is 40.2 Å². The van der Waals surface area contributed by atoms with Crippen LogP contribution in [0.15, 0.2) is 29.6 Å². The number of hydrogen-bond donors (Lipinski definition) is 1. The van der Waals surface area contributed by atoms with Gasteiger partial charge >= 0.3 is 6.03 Å². The van der Waals surface area contributed by atoms with Gasteiger partial charge in [-0.25, -0.2) is 4.79 Å². The predicted octanol–water partition coefficient (Wildman–Crippen LogP) is 2.60. The molecule has 1 fully saturated rings. The second-order valence-electron chi connectivity index (χ2n) is 5.58. The molecule has 0 bridgehead atoms. The third-order valence-corrected chi connectivity index (χ3v) is 4.60. The van der Waals surface area contributed by atoms with E-state index >= 15 is 0 Å². The number of amides is 2. The van der Waals surface area contributed by atoms with Gasteiger partial charge in [-0.15, -0.1) is 16.4 Å². The highest BCUT2D eigenvalue weighted by Crippen LogP contribution is 2.16. The maximum Gasteiger partial charge on any atom is 0.317 e. The van der Waals surface area contributed by atoms with E-state index in [0.29, 0.717) is 19.0 Å². The van der Waals surface area contributed by atoms with Crippen molar-refractivity contribution in [2.45, 2.75) is 32.4 Å². The van der Waals surface area contributed by atoms with Crippen molar-refractivity contribution < 1.29 is 9.53 Å². The van der Waals surface area contributed by atoms with Gasteiger partial charge in [-0.1, -0.05) is 6.07 Å². The SMILES string of the molecule is Cc1ccc(O[C@@H]2CCCN(C(=O)NCc3cccs3)C2)nn1. The average Bonchev–Trinajstić information content (AvgIpc) is 3.08. The van der Waals surface area contributed by atoms with Crippen molar-refractivity contribution in [3.63, 3.8) is 0 Å². The maximum atomic E-state index is 12.3. The van der Waals surface area contributed by atoms with E-state index in [1.54, 1.807) is 11.3 Å². The molecule has 122 valence electrons. The van der Waals surface area contributed by atoms with E-state index in [9.17, 15) is 4.79 Å². The molecule has 0 unspecified atom stereocenters. The first-order valence-corrected chi connectivity index (χ1v) is 8.61. The lowest BCUT2D eigenvalue weighted by Gasteiger charge is -2.32. The van der Waals surface area contributed by atoms with Crippen molar-refractivity contribution in [1.29, 1.82) is 0 Å². The largest absolute Gasteiger partial charge is 0.471 e. The summed E-state index contributed by atoms with van der Waals surface area (Å²) in [5.74, 6) is 0.515. The minimum Gasteiger partial charge on any atom is -0.471 e. The lowest BCUT2D eigenvalue weighted by atomic mass is 10.1. The Labute approximate surface area is 139 Å². The van der Waals surface area contributed by atoms with Crippen LogP contribution >= 0.6 is 11.3 Å². The Balaban J connectivity index is 1.51. The normalized spacial score (nSPS) is 17.8. The number of thiophene rings is 1. The van der Waals surface area contributed by atoms with E-state index in [-0.39, 0.29) is 12.1 Å². The zero-order valence-corrected chi connectivity index (χ0v) is 13.9. The molecule has 23 heavy (non-hydrogen) atoms. The van der Waals surface area contributed by atoms with E-state index < -0.39 is 0 Å². The molecule has 6 nitrogen and oxygen atoms in total. The lowest BCUT2D eigenvalue weighted by Crippen LogP contribution is -2.48. The second-order valence-corrected chi connectivity index (χ2v) is 6.61. The number of nitrogens with one attached hydrogen (secondary N) is 1. The van der Waals surface area contributed by atoms with Gasteiger partial charge in [-0.05, 0) is 37.3 Å². The van der Waals surface area contributed by atoms with Crippen LogP contribution in [0, 0.1) is 6.92 Å². The molecule has 1 atom stereocenters. The van der Waals surface area contributed by atoms with Crippen molar-refractivity contribution in [3.8, 4) is 5.88 Å². The Hall–Kier alpha value is -2.15. The summed E-state index contributed by atoms with van der Waals surface area (Å²) in [7, 11) is 0. The third kappa shape index (κ3) is 4.41. The van der Waals surface area contributed by atoms with Gasteiger partial charge in [0, 0.05) is 17.5 Å². The number of carbonyl (C=O) groups excluding carboxylic acids is 1. The molecule has 0 aromatic carbocycles. The molecular weight excluding hydrogens is 312 g/mol. The lowest BCUT2D eigenvalue weighted by molar-refractivity contribution is 0.0969. The van der Waals surface area contributed by atoms with Gasteiger partial charge in [0.2, 0.25) is 5.88 Å². The molecule has 7 heteroatoms. The van der Waals surface area contributed by atoms with Crippen molar-refractivity contribution in [2.24, 2.45) is 0 Å². The van der Waals surface area contributed by atoms with Gasteiger partial charge in [0.15, 0.2) is 0 Å². The van der Waals surface area contributed by atoms with Gasteiger partial charge in [0.05, 0.1) is 18.8 Å². The highest BCUT2D eigenvalue weighted by atomic mass is 32.1. The summed E-state index contributed by atoms with van der Waals surface area (Å²) in [5, 5.41) is 13.0. The van der Waals surface area contributed by atoms with E-state index in [0.717, 1.165) is 30.0 Å². The molecule has 1 saturated heterocycles. The fourth-order valence-corrected chi connectivity index (χ4v) is 3.17. The van der Waals surface area contributed by atoms with Crippen LogP contribution in [0.5, 0.6) is 5.88 Å². The van der Waals surface area contributed by atoms with E-state index in [1.807, 2.05) is 41.5 Å². The number of piperidine rings is 1. The monoisotopic (exact) mass is 332 g/mol. The first-order valence-electron chi connectivity index (χ1n) is 7.73. The highest BCUT2D eigenvalue weighted by molar-refractivity contribution is 7.09. The molecule has 0 spiro atoms. The average molecular weight is 332 g/mol. The number of likely N-dealkylation sites (tertiary alicyclic amines) is 1. The summed E-state index contributed by atoms with van der Waals surface area (Å²) in [6.07, 6.45) is 1.81. The first kappa shape index (κ1) is 15.7. The Kier molecular flexibility index (Phi) is 5.07. The molecule has 0 saturated carbocycles. The van der Waals surface area contributed by atoms with E-state index in [2.05, 4.69) is 15.5 Å². The molecule has 3 heterocycles. The van der Waals surface area contributed by atoms with Crippen LogP contribution in [0.2, 0.25) is 0 Å². The number of carbonyl (C=O) groups is 1. The number of aromatic nitrogens is 2. The molecule has 1 aliphatic heterocycles. The van der Waals surface area contributed by atoms with Gasteiger partial charge in [0.1, 0.15) is 6.10 Å². The number of urea groups is 1. The van der Waals surface area contributed by atoms with Crippen LogP contribution in [0.1, 0.15) is 23.4 Å². The summed E-state index contributed by atoms with van der Waals surface area (Å²) in [4.78, 5) is 15.2. The Bertz CT molecular complexity index is 630. The molecule has 3 rings (SSSR count). The minimum absolute atomic E-state index is 0.0340. The van der Waals surface area contributed by atoms with Crippen molar-refractivity contribution >= 4 is 17.4 Å². The zero-order chi connectivity index (χ0) is 16.1. The van der Waals surface area contributed by atoms with Crippen LogP contribution < -0.4 is 10.1 Å². The molecule has 0 aliphatic carbocycles. The van der Waals surface area contributed by atoms with E-state index in [1.165, 1.54) is 0 Å². The molecule has 2 aromatic rings. The smallest absolute Gasteiger partial charge is 0.317 e.